The van der Waals surface area contributed by atoms with Crippen LogP contribution in [-0.2, 0) is 0 Å². The normalized spacial score (nSPS) is 20.7. The summed E-state index contributed by atoms with van der Waals surface area (Å²) in [4.78, 5) is 2.41. The number of aliphatic hydroxyl groups is 1. The highest BCUT2D eigenvalue weighted by Gasteiger charge is 2.42. The molecule has 1 aliphatic rings. The lowest BCUT2D eigenvalue weighted by molar-refractivity contribution is 0.145. The maximum absolute atomic E-state index is 8.81. The summed E-state index contributed by atoms with van der Waals surface area (Å²) in [6.07, 6.45) is 3.82. The van der Waals surface area contributed by atoms with Crippen LogP contribution in [0.15, 0.2) is 0 Å². The number of rotatable bonds is 5. The lowest BCUT2D eigenvalue weighted by atomic mass is 10.2. The average Bonchev–Trinajstić information content (AvgIpc) is 2.69. The fraction of sp³-hybridized carbons (Fsp3) is 1.00. The summed E-state index contributed by atoms with van der Waals surface area (Å²) in [6.45, 7) is 6.77. The van der Waals surface area contributed by atoms with E-state index in [2.05, 4.69) is 18.7 Å². The molecule has 0 saturated heterocycles. The Morgan fingerprint density at radius 2 is 2.00 bits per heavy atom. The first-order valence-corrected chi connectivity index (χ1v) is 4.59. The molecule has 1 N–H and O–H groups in total. The molecule has 0 radical (unpaired) electrons. The number of hydrogen-bond donors (Lipinski definition) is 1. The molecular formula is C9H19NO. The highest BCUT2D eigenvalue weighted by molar-refractivity contribution is 4.99. The molecule has 2 nitrogen and oxygen atoms in total. The first-order chi connectivity index (χ1) is 5.23. The monoisotopic (exact) mass is 157 g/mol. The van der Waals surface area contributed by atoms with Crippen molar-refractivity contribution in [1.29, 1.82) is 0 Å². The van der Waals surface area contributed by atoms with E-state index < -0.39 is 0 Å². The van der Waals surface area contributed by atoms with Gasteiger partial charge in [0.05, 0.1) is 6.61 Å². The van der Waals surface area contributed by atoms with Gasteiger partial charge in [-0.15, -0.1) is 0 Å². The molecule has 1 rings (SSSR count). The van der Waals surface area contributed by atoms with Gasteiger partial charge >= 0.3 is 0 Å². The van der Waals surface area contributed by atoms with Crippen molar-refractivity contribution in [3.05, 3.63) is 0 Å². The second-order valence-corrected chi connectivity index (χ2v) is 3.71. The molecule has 0 spiro atoms. The van der Waals surface area contributed by atoms with Gasteiger partial charge in [0.1, 0.15) is 0 Å². The van der Waals surface area contributed by atoms with E-state index >= 15 is 0 Å². The quantitative estimate of drug-likeness (QED) is 0.649. The fourth-order valence-corrected chi connectivity index (χ4v) is 1.54. The summed E-state index contributed by atoms with van der Waals surface area (Å²) in [5, 5.41) is 8.81. The van der Waals surface area contributed by atoms with Gasteiger partial charge in [0.15, 0.2) is 0 Å². The predicted octanol–water partition coefficient (Wildman–Crippen LogP) is 1.24. The van der Waals surface area contributed by atoms with Crippen molar-refractivity contribution in [2.45, 2.75) is 38.6 Å². The van der Waals surface area contributed by atoms with Crippen molar-refractivity contribution in [2.75, 3.05) is 19.7 Å². The van der Waals surface area contributed by atoms with E-state index in [0.29, 0.717) is 12.1 Å². The summed E-state index contributed by atoms with van der Waals surface area (Å²) in [6, 6.07) is 0. The second-order valence-electron chi connectivity index (χ2n) is 3.71. The standard InChI is InChI=1S/C9H19NO/c1-3-6-10(7-8-11)9(2)4-5-9/h11H,3-8H2,1-2H3. The predicted molar refractivity (Wildman–Crippen MR) is 46.6 cm³/mol. The Labute approximate surface area is 69.2 Å². The van der Waals surface area contributed by atoms with Crippen molar-refractivity contribution in [2.24, 2.45) is 0 Å². The third-order valence-electron chi connectivity index (χ3n) is 2.60. The van der Waals surface area contributed by atoms with E-state index in [-0.39, 0.29) is 0 Å². The Bertz CT molecular complexity index is 115. The van der Waals surface area contributed by atoms with Crippen molar-refractivity contribution in [3.63, 3.8) is 0 Å². The zero-order chi connectivity index (χ0) is 8.32. The minimum absolute atomic E-state index is 0.301. The number of hydrogen-bond acceptors (Lipinski definition) is 2. The van der Waals surface area contributed by atoms with Crippen LogP contribution in [0, 0.1) is 0 Å². The Morgan fingerprint density at radius 1 is 1.36 bits per heavy atom. The Morgan fingerprint density at radius 3 is 2.36 bits per heavy atom. The van der Waals surface area contributed by atoms with Gasteiger partial charge in [-0.2, -0.15) is 0 Å². The first-order valence-electron chi connectivity index (χ1n) is 4.59. The van der Waals surface area contributed by atoms with Crippen LogP contribution in [0.3, 0.4) is 0 Å². The molecule has 0 bridgehead atoms. The lowest BCUT2D eigenvalue weighted by Gasteiger charge is -2.27. The number of β-amino-alcohol motifs (C(OH)–C–C–N with tert-alkyl or cyclic N) is 1. The van der Waals surface area contributed by atoms with Crippen LogP contribution in [-0.4, -0.2) is 35.2 Å². The zero-order valence-electron chi connectivity index (χ0n) is 7.64. The van der Waals surface area contributed by atoms with Gasteiger partial charge in [-0.3, -0.25) is 4.90 Å². The van der Waals surface area contributed by atoms with Crippen LogP contribution in [0.1, 0.15) is 33.1 Å². The zero-order valence-corrected chi connectivity index (χ0v) is 7.64. The summed E-state index contributed by atoms with van der Waals surface area (Å²) >= 11 is 0. The van der Waals surface area contributed by atoms with Crippen LogP contribution < -0.4 is 0 Å². The van der Waals surface area contributed by atoms with Gasteiger partial charge in [-0.05, 0) is 32.7 Å². The average molecular weight is 157 g/mol. The molecule has 0 aliphatic heterocycles. The lowest BCUT2D eigenvalue weighted by Crippen LogP contribution is -2.37. The Hall–Kier alpha value is -0.0800. The van der Waals surface area contributed by atoms with E-state index in [1.54, 1.807) is 0 Å². The molecule has 0 aromatic carbocycles. The molecule has 0 amide bonds. The highest BCUT2D eigenvalue weighted by Crippen LogP contribution is 2.40. The maximum Gasteiger partial charge on any atom is 0.0558 e. The largest absolute Gasteiger partial charge is 0.395 e. The molecule has 0 aromatic rings. The molecular weight excluding hydrogens is 138 g/mol. The van der Waals surface area contributed by atoms with Crippen molar-refractivity contribution < 1.29 is 5.11 Å². The van der Waals surface area contributed by atoms with E-state index in [4.69, 9.17) is 5.11 Å². The van der Waals surface area contributed by atoms with Crippen molar-refractivity contribution in [1.82, 2.24) is 4.90 Å². The van der Waals surface area contributed by atoms with E-state index in [1.165, 1.54) is 19.3 Å². The van der Waals surface area contributed by atoms with Gasteiger partial charge in [0, 0.05) is 12.1 Å². The molecule has 1 saturated carbocycles. The molecule has 0 aromatic heterocycles. The van der Waals surface area contributed by atoms with Crippen LogP contribution in [0.2, 0.25) is 0 Å². The van der Waals surface area contributed by atoms with Crippen molar-refractivity contribution in [3.8, 4) is 0 Å². The van der Waals surface area contributed by atoms with Gasteiger partial charge in [-0.25, -0.2) is 0 Å². The van der Waals surface area contributed by atoms with Gasteiger partial charge in [0.2, 0.25) is 0 Å². The molecule has 0 unspecified atom stereocenters. The minimum atomic E-state index is 0.301. The maximum atomic E-state index is 8.81. The molecule has 2 heteroatoms. The van der Waals surface area contributed by atoms with Gasteiger partial charge < -0.3 is 5.11 Å². The van der Waals surface area contributed by atoms with Gasteiger partial charge in [0.25, 0.3) is 0 Å². The van der Waals surface area contributed by atoms with Crippen LogP contribution in [0.5, 0.6) is 0 Å². The molecule has 0 heterocycles. The summed E-state index contributed by atoms with van der Waals surface area (Å²) in [7, 11) is 0. The van der Waals surface area contributed by atoms with E-state index in [1.807, 2.05) is 0 Å². The van der Waals surface area contributed by atoms with Gasteiger partial charge in [-0.1, -0.05) is 6.92 Å². The first kappa shape index (κ1) is 9.01. The molecule has 11 heavy (non-hydrogen) atoms. The molecule has 0 atom stereocenters. The summed E-state index contributed by atoms with van der Waals surface area (Å²) in [5.41, 5.74) is 0.443. The minimum Gasteiger partial charge on any atom is -0.395 e. The summed E-state index contributed by atoms with van der Waals surface area (Å²) in [5.74, 6) is 0. The molecule has 66 valence electrons. The SMILES string of the molecule is CCCN(CCO)C1(C)CC1. The van der Waals surface area contributed by atoms with E-state index in [0.717, 1.165) is 13.1 Å². The van der Waals surface area contributed by atoms with Crippen LogP contribution >= 0.6 is 0 Å². The summed E-state index contributed by atoms with van der Waals surface area (Å²) < 4.78 is 0. The number of nitrogens with zero attached hydrogens (tertiary/aromatic N) is 1. The molecule has 1 aliphatic carbocycles. The number of aliphatic hydroxyl groups excluding tert-OH is 1. The highest BCUT2D eigenvalue weighted by atomic mass is 16.3. The third kappa shape index (κ3) is 2.17. The smallest absolute Gasteiger partial charge is 0.0558 e. The Balaban J connectivity index is 2.32. The van der Waals surface area contributed by atoms with Crippen LogP contribution in [0.4, 0.5) is 0 Å². The van der Waals surface area contributed by atoms with E-state index in [9.17, 15) is 0 Å². The fourth-order valence-electron chi connectivity index (χ4n) is 1.54. The van der Waals surface area contributed by atoms with Crippen LogP contribution in [0.25, 0.3) is 0 Å². The molecule has 1 fully saturated rings. The second kappa shape index (κ2) is 3.55. The topological polar surface area (TPSA) is 23.5 Å². The third-order valence-corrected chi connectivity index (χ3v) is 2.60. The van der Waals surface area contributed by atoms with Crippen molar-refractivity contribution >= 4 is 0 Å². The Kier molecular flexibility index (Phi) is 2.90.